The van der Waals surface area contributed by atoms with Crippen LogP contribution in [0.3, 0.4) is 0 Å². The predicted octanol–water partition coefficient (Wildman–Crippen LogP) is 5.79. The molecule has 3 aromatic carbocycles. The van der Waals surface area contributed by atoms with E-state index in [9.17, 15) is 9.59 Å². The number of carbonyl (C=O) groups excluding carboxylic acids is 2. The summed E-state index contributed by atoms with van der Waals surface area (Å²) in [7, 11) is 0. The van der Waals surface area contributed by atoms with Crippen LogP contribution in [0.5, 0.6) is 0 Å². The smallest absolute Gasteiger partial charge is 0.255 e. The van der Waals surface area contributed by atoms with Gasteiger partial charge in [-0.3, -0.25) is 9.59 Å². The molecule has 0 radical (unpaired) electrons. The van der Waals surface area contributed by atoms with Gasteiger partial charge < -0.3 is 16.0 Å². The lowest BCUT2D eigenvalue weighted by Gasteiger charge is -2.11. The third-order valence-electron chi connectivity index (χ3n) is 5.11. The number of carbonyl (C=O) groups is 2. The molecule has 1 heterocycles. The Morgan fingerprint density at radius 2 is 1.42 bits per heavy atom. The van der Waals surface area contributed by atoms with E-state index in [2.05, 4.69) is 16.0 Å². The van der Waals surface area contributed by atoms with Gasteiger partial charge in [-0.1, -0.05) is 78.9 Å². The first-order chi connectivity index (χ1) is 16.2. The maximum Gasteiger partial charge on any atom is 0.255 e. The summed E-state index contributed by atoms with van der Waals surface area (Å²) in [5.74, 6) is -0.353. The molecule has 166 valence electrons. The number of anilines is 2. The van der Waals surface area contributed by atoms with Gasteiger partial charge in [0, 0.05) is 36.1 Å². The lowest BCUT2D eigenvalue weighted by atomic mass is 10.0. The molecule has 0 unspecified atom stereocenters. The third kappa shape index (κ3) is 6.08. The van der Waals surface area contributed by atoms with E-state index in [-0.39, 0.29) is 11.8 Å². The fraction of sp³-hybridized carbons (Fsp3) is 0.111. The molecule has 0 aliphatic rings. The van der Waals surface area contributed by atoms with Crippen molar-refractivity contribution in [2.75, 3.05) is 17.2 Å². The number of thiophene rings is 1. The normalized spacial score (nSPS) is 10.4. The predicted molar refractivity (Wildman–Crippen MR) is 136 cm³/mol. The summed E-state index contributed by atoms with van der Waals surface area (Å²) in [5.41, 5.74) is 4.22. The minimum atomic E-state index is -0.211. The Hall–Kier alpha value is -3.90. The lowest BCUT2D eigenvalue weighted by Crippen LogP contribution is -2.25. The first-order valence-electron chi connectivity index (χ1n) is 10.8. The van der Waals surface area contributed by atoms with Crippen LogP contribution in [0.2, 0.25) is 0 Å². The Balaban J connectivity index is 1.47. The Kier molecular flexibility index (Phi) is 7.51. The van der Waals surface area contributed by atoms with Gasteiger partial charge in [-0.2, -0.15) is 0 Å². The molecule has 33 heavy (non-hydrogen) atoms. The van der Waals surface area contributed by atoms with Gasteiger partial charge >= 0.3 is 0 Å². The minimum Gasteiger partial charge on any atom is -0.385 e. The number of rotatable bonds is 9. The number of para-hydroxylation sites is 1. The van der Waals surface area contributed by atoms with Crippen LogP contribution in [0, 0.1) is 0 Å². The van der Waals surface area contributed by atoms with E-state index in [1.165, 1.54) is 11.3 Å². The number of hydrogen-bond donors (Lipinski definition) is 3. The fourth-order valence-electron chi connectivity index (χ4n) is 3.44. The van der Waals surface area contributed by atoms with E-state index in [1.54, 1.807) is 0 Å². The van der Waals surface area contributed by atoms with Crippen molar-refractivity contribution in [3.8, 4) is 11.1 Å². The van der Waals surface area contributed by atoms with E-state index in [0.717, 1.165) is 22.4 Å². The maximum atomic E-state index is 13.2. The molecule has 4 rings (SSSR count). The van der Waals surface area contributed by atoms with Crippen LogP contribution < -0.4 is 16.0 Å². The Bertz CT molecular complexity index is 1190. The Morgan fingerprint density at radius 3 is 2.12 bits per heavy atom. The Morgan fingerprint density at radius 1 is 0.788 bits per heavy atom. The van der Waals surface area contributed by atoms with Crippen molar-refractivity contribution in [3.63, 3.8) is 0 Å². The van der Waals surface area contributed by atoms with Crippen LogP contribution in [0.15, 0.2) is 96.4 Å². The highest BCUT2D eigenvalue weighted by Gasteiger charge is 2.21. The van der Waals surface area contributed by atoms with Crippen LogP contribution in [0.25, 0.3) is 11.1 Å². The largest absolute Gasteiger partial charge is 0.385 e. The zero-order chi connectivity index (χ0) is 22.9. The third-order valence-corrected chi connectivity index (χ3v) is 6.00. The van der Waals surface area contributed by atoms with Gasteiger partial charge in [0.2, 0.25) is 5.91 Å². The summed E-state index contributed by atoms with van der Waals surface area (Å²) in [6, 6.07) is 29.2. The summed E-state index contributed by atoms with van der Waals surface area (Å²) in [6.07, 6.45) is 0.290. The van der Waals surface area contributed by atoms with E-state index in [4.69, 9.17) is 0 Å². The molecule has 0 aliphatic carbocycles. The van der Waals surface area contributed by atoms with Crippen LogP contribution in [0.4, 0.5) is 10.7 Å². The topological polar surface area (TPSA) is 70.2 Å². The second-order valence-electron chi connectivity index (χ2n) is 7.48. The van der Waals surface area contributed by atoms with Crippen molar-refractivity contribution in [1.29, 1.82) is 0 Å². The van der Waals surface area contributed by atoms with E-state index >= 15 is 0 Å². The maximum absolute atomic E-state index is 13.2. The van der Waals surface area contributed by atoms with Crippen molar-refractivity contribution in [2.45, 2.75) is 13.0 Å². The number of benzene rings is 3. The van der Waals surface area contributed by atoms with E-state index in [0.29, 0.717) is 30.1 Å². The van der Waals surface area contributed by atoms with Crippen molar-refractivity contribution in [2.24, 2.45) is 0 Å². The van der Waals surface area contributed by atoms with Crippen LogP contribution in [0.1, 0.15) is 22.3 Å². The SMILES string of the molecule is O=C(CCNc1ccccc1)Nc1scc(-c2ccccc2)c1C(=O)NCc1ccccc1. The fourth-order valence-corrected chi connectivity index (χ4v) is 4.42. The molecule has 0 aliphatic heterocycles. The molecule has 0 saturated heterocycles. The molecule has 6 heteroatoms. The van der Waals surface area contributed by atoms with Crippen molar-refractivity contribution in [1.82, 2.24) is 5.32 Å². The van der Waals surface area contributed by atoms with E-state index < -0.39 is 0 Å². The molecule has 0 saturated carbocycles. The molecule has 2 amide bonds. The zero-order valence-corrected chi connectivity index (χ0v) is 18.9. The average Bonchev–Trinajstić information content (AvgIpc) is 3.28. The lowest BCUT2D eigenvalue weighted by molar-refractivity contribution is -0.115. The summed E-state index contributed by atoms with van der Waals surface area (Å²) in [6.45, 7) is 0.917. The minimum absolute atomic E-state index is 0.142. The molecule has 0 bridgehead atoms. The molecule has 0 atom stereocenters. The molecule has 0 spiro atoms. The highest BCUT2D eigenvalue weighted by Crippen LogP contribution is 2.35. The second kappa shape index (κ2) is 11.1. The molecular weight excluding hydrogens is 430 g/mol. The molecule has 4 aromatic rings. The second-order valence-corrected chi connectivity index (χ2v) is 8.36. The summed E-state index contributed by atoms with van der Waals surface area (Å²) in [4.78, 5) is 25.8. The molecule has 1 aromatic heterocycles. The highest BCUT2D eigenvalue weighted by molar-refractivity contribution is 7.15. The molecule has 3 N–H and O–H groups in total. The van der Waals surface area contributed by atoms with Gasteiger partial charge in [0.05, 0.1) is 5.56 Å². The van der Waals surface area contributed by atoms with Crippen LogP contribution >= 0.6 is 11.3 Å². The first kappa shape index (κ1) is 22.3. The van der Waals surface area contributed by atoms with Gasteiger partial charge in [-0.15, -0.1) is 11.3 Å². The first-order valence-corrected chi connectivity index (χ1v) is 11.7. The summed E-state index contributed by atoms with van der Waals surface area (Å²) >= 11 is 1.37. The van der Waals surface area contributed by atoms with Crippen molar-refractivity contribution >= 4 is 33.8 Å². The highest BCUT2D eigenvalue weighted by atomic mass is 32.1. The number of amides is 2. The van der Waals surface area contributed by atoms with Crippen LogP contribution in [-0.2, 0) is 11.3 Å². The van der Waals surface area contributed by atoms with Gasteiger partial charge in [-0.25, -0.2) is 0 Å². The number of nitrogens with one attached hydrogen (secondary N) is 3. The zero-order valence-electron chi connectivity index (χ0n) is 18.1. The monoisotopic (exact) mass is 455 g/mol. The molecule has 5 nitrogen and oxygen atoms in total. The van der Waals surface area contributed by atoms with Gasteiger partial charge in [0.1, 0.15) is 5.00 Å². The quantitative estimate of drug-likeness (QED) is 0.299. The summed E-state index contributed by atoms with van der Waals surface area (Å²) < 4.78 is 0. The molecule has 0 fully saturated rings. The van der Waals surface area contributed by atoms with E-state index in [1.807, 2.05) is 96.4 Å². The van der Waals surface area contributed by atoms with Gasteiger partial charge in [0.15, 0.2) is 0 Å². The number of hydrogen-bond acceptors (Lipinski definition) is 4. The van der Waals surface area contributed by atoms with Crippen molar-refractivity contribution in [3.05, 3.63) is 108 Å². The van der Waals surface area contributed by atoms with Gasteiger partial charge in [-0.05, 0) is 23.3 Å². The average molecular weight is 456 g/mol. The standard InChI is InChI=1S/C27H25N3O2S/c31-24(16-17-28-22-14-8-3-9-15-22)30-27-25(23(19-33-27)21-12-6-2-7-13-21)26(32)29-18-20-10-4-1-5-11-20/h1-15,19,28H,16-18H2,(H,29,32)(H,30,31). The van der Waals surface area contributed by atoms with Crippen LogP contribution in [-0.4, -0.2) is 18.4 Å². The Labute approximate surface area is 197 Å². The summed E-state index contributed by atoms with van der Waals surface area (Å²) in [5, 5.41) is 11.7. The molecular formula is C27H25N3O2S. The van der Waals surface area contributed by atoms with Gasteiger partial charge in [0.25, 0.3) is 5.91 Å². The van der Waals surface area contributed by atoms with Crippen molar-refractivity contribution < 1.29 is 9.59 Å².